The number of likely N-dealkylation sites (tertiary alicyclic amines) is 1. The van der Waals surface area contributed by atoms with Gasteiger partial charge in [-0.2, -0.15) is 0 Å². The molecule has 0 saturated carbocycles. The van der Waals surface area contributed by atoms with Crippen LogP contribution in [0.1, 0.15) is 24.8 Å². The van der Waals surface area contributed by atoms with Crippen molar-refractivity contribution in [3.05, 3.63) is 48.0 Å². The lowest BCUT2D eigenvalue weighted by Gasteiger charge is -2.33. The monoisotopic (exact) mass is 423 g/mol. The number of ether oxygens (including phenoxy) is 2. The van der Waals surface area contributed by atoms with Gasteiger partial charge < -0.3 is 24.6 Å². The van der Waals surface area contributed by atoms with Crippen LogP contribution < -0.4 is 19.7 Å². The molecule has 1 fully saturated rings. The SMILES string of the molecule is COc1ccc(CC(=O)Nc2ccc3c(c2)N(CCN2CCCCC2)C(=O)CO3)cc1. The summed E-state index contributed by atoms with van der Waals surface area (Å²) in [6, 6.07) is 12.9. The summed E-state index contributed by atoms with van der Waals surface area (Å²) in [4.78, 5) is 29.3. The highest BCUT2D eigenvalue weighted by Crippen LogP contribution is 2.34. The number of fused-ring (bicyclic) bond motifs is 1. The van der Waals surface area contributed by atoms with Crippen molar-refractivity contribution in [3.63, 3.8) is 0 Å². The predicted molar refractivity (Wildman–Crippen MR) is 120 cm³/mol. The maximum atomic E-state index is 12.5. The molecule has 2 aromatic rings. The predicted octanol–water partition coefficient (Wildman–Crippen LogP) is 3.09. The van der Waals surface area contributed by atoms with Gasteiger partial charge in [-0.25, -0.2) is 0 Å². The first-order valence-electron chi connectivity index (χ1n) is 10.8. The maximum Gasteiger partial charge on any atom is 0.265 e. The van der Waals surface area contributed by atoms with E-state index in [1.54, 1.807) is 12.0 Å². The molecule has 0 atom stereocenters. The first kappa shape index (κ1) is 21.2. The van der Waals surface area contributed by atoms with Crippen molar-refractivity contribution in [3.8, 4) is 11.5 Å². The summed E-state index contributed by atoms with van der Waals surface area (Å²) < 4.78 is 10.8. The molecule has 2 heterocycles. The van der Waals surface area contributed by atoms with Gasteiger partial charge >= 0.3 is 0 Å². The fourth-order valence-electron chi connectivity index (χ4n) is 4.08. The van der Waals surface area contributed by atoms with Crippen LogP contribution in [0.4, 0.5) is 11.4 Å². The third-order valence-electron chi connectivity index (χ3n) is 5.80. The molecule has 164 valence electrons. The molecule has 7 heteroatoms. The molecular formula is C24H29N3O4. The Labute approximate surface area is 182 Å². The molecule has 2 aromatic carbocycles. The molecule has 1 N–H and O–H groups in total. The van der Waals surface area contributed by atoms with E-state index in [0.29, 0.717) is 18.0 Å². The van der Waals surface area contributed by atoms with Gasteiger partial charge in [0.05, 0.1) is 19.2 Å². The van der Waals surface area contributed by atoms with Crippen molar-refractivity contribution in [2.24, 2.45) is 0 Å². The molecule has 0 aliphatic carbocycles. The van der Waals surface area contributed by atoms with E-state index < -0.39 is 0 Å². The standard InChI is InChI=1S/C24H29N3O4/c1-30-20-8-5-18(6-9-20)15-23(28)25-19-7-10-22-21(16-19)27(24(29)17-31-22)14-13-26-11-3-2-4-12-26/h5-10,16H,2-4,11-15,17H2,1H3,(H,25,28). The molecule has 4 rings (SSSR count). The van der Waals surface area contributed by atoms with Gasteiger partial charge in [-0.05, 0) is 61.8 Å². The van der Waals surface area contributed by atoms with E-state index in [1.807, 2.05) is 42.5 Å². The van der Waals surface area contributed by atoms with Gasteiger partial charge in [0.25, 0.3) is 5.91 Å². The second-order valence-corrected chi connectivity index (χ2v) is 7.99. The summed E-state index contributed by atoms with van der Waals surface area (Å²) in [5.74, 6) is 1.26. The average molecular weight is 424 g/mol. The zero-order chi connectivity index (χ0) is 21.6. The van der Waals surface area contributed by atoms with Crippen molar-refractivity contribution < 1.29 is 19.1 Å². The number of amides is 2. The Morgan fingerprint density at radius 3 is 2.58 bits per heavy atom. The van der Waals surface area contributed by atoms with Gasteiger partial charge in [-0.1, -0.05) is 18.6 Å². The van der Waals surface area contributed by atoms with Gasteiger partial charge in [0.1, 0.15) is 11.5 Å². The lowest BCUT2D eigenvalue weighted by molar-refractivity contribution is -0.121. The van der Waals surface area contributed by atoms with E-state index in [4.69, 9.17) is 9.47 Å². The Hall–Kier alpha value is -3.06. The highest BCUT2D eigenvalue weighted by molar-refractivity contribution is 5.99. The van der Waals surface area contributed by atoms with E-state index in [1.165, 1.54) is 19.3 Å². The van der Waals surface area contributed by atoms with Crippen molar-refractivity contribution in [2.75, 3.05) is 50.1 Å². The third kappa shape index (κ3) is 5.35. The highest BCUT2D eigenvalue weighted by atomic mass is 16.5. The Morgan fingerprint density at radius 1 is 1.06 bits per heavy atom. The Balaban J connectivity index is 1.42. The number of carbonyl (C=O) groups excluding carboxylic acids is 2. The first-order chi connectivity index (χ1) is 15.1. The van der Waals surface area contributed by atoms with E-state index in [-0.39, 0.29) is 24.8 Å². The van der Waals surface area contributed by atoms with Crippen LogP contribution in [0.25, 0.3) is 0 Å². The molecule has 0 spiro atoms. The number of hydrogen-bond acceptors (Lipinski definition) is 5. The fourth-order valence-corrected chi connectivity index (χ4v) is 4.08. The summed E-state index contributed by atoms with van der Waals surface area (Å²) in [6.45, 7) is 3.70. The van der Waals surface area contributed by atoms with Crippen molar-refractivity contribution >= 4 is 23.2 Å². The maximum absolute atomic E-state index is 12.5. The smallest absolute Gasteiger partial charge is 0.265 e. The molecule has 0 bridgehead atoms. The van der Waals surface area contributed by atoms with Crippen molar-refractivity contribution in [1.82, 2.24) is 4.90 Å². The third-order valence-corrected chi connectivity index (χ3v) is 5.80. The van der Waals surface area contributed by atoms with Crippen LogP contribution in [0.15, 0.2) is 42.5 Å². The van der Waals surface area contributed by atoms with Crippen LogP contribution in [0.2, 0.25) is 0 Å². The molecule has 2 amide bonds. The van der Waals surface area contributed by atoms with Crippen LogP contribution in [0, 0.1) is 0 Å². The molecule has 2 aliphatic rings. The molecule has 0 radical (unpaired) electrons. The fraction of sp³-hybridized carbons (Fsp3) is 0.417. The summed E-state index contributed by atoms with van der Waals surface area (Å²) in [5, 5.41) is 2.94. The molecule has 0 aromatic heterocycles. The normalized spacial score (nSPS) is 16.4. The van der Waals surface area contributed by atoms with Gasteiger partial charge in [0.2, 0.25) is 5.91 Å². The number of piperidine rings is 1. The number of nitrogens with one attached hydrogen (secondary N) is 1. The molecule has 1 saturated heterocycles. The van der Waals surface area contributed by atoms with Crippen molar-refractivity contribution in [2.45, 2.75) is 25.7 Å². The van der Waals surface area contributed by atoms with E-state index >= 15 is 0 Å². The van der Waals surface area contributed by atoms with Gasteiger partial charge in [-0.15, -0.1) is 0 Å². The number of carbonyl (C=O) groups is 2. The number of nitrogens with zero attached hydrogens (tertiary/aromatic N) is 2. The largest absolute Gasteiger partial charge is 0.497 e. The number of benzene rings is 2. The minimum Gasteiger partial charge on any atom is -0.497 e. The highest BCUT2D eigenvalue weighted by Gasteiger charge is 2.26. The van der Waals surface area contributed by atoms with Crippen LogP contribution in [-0.2, 0) is 16.0 Å². The Morgan fingerprint density at radius 2 is 1.84 bits per heavy atom. The summed E-state index contributed by atoms with van der Waals surface area (Å²) >= 11 is 0. The van der Waals surface area contributed by atoms with Crippen LogP contribution in [0.5, 0.6) is 11.5 Å². The van der Waals surface area contributed by atoms with Gasteiger partial charge in [0, 0.05) is 18.8 Å². The molecule has 2 aliphatic heterocycles. The summed E-state index contributed by atoms with van der Waals surface area (Å²) in [5.41, 5.74) is 2.27. The first-order valence-corrected chi connectivity index (χ1v) is 10.8. The summed E-state index contributed by atoms with van der Waals surface area (Å²) in [6.07, 6.45) is 3.99. The zero-order valence-electron chi connectivity index (χ0n) is 17.9. The van der Waals surface area contributed by atoms with Crippen LogP contribution >= 0.6 is 0 Å². The number of anilines is 2. The number of methoxy groups -OCH3 is 1. The van der Waals surface area contributed by atoms with Gasteiger partial charge in [-0.3, -0.25) is 9.59 Å². The van der Waals surface area contributed by atoms with Crippen LogP contribution in [-0.4, -0.2) is 56.6 Å². The lowest BCUT2D eigenvalue weighted by atomic mass is 10.1. The Kier molecular flexibility index (Phi) is 6.72. The van der Waals surface area contributed by atoms with Gasteiger partial charge in [0.15, 0.2) is 6.61 Å². The minimum atomic E-state index is -0.118. The van der Waals surface area contributed by atoms with E-state index in [0.717, 1.165) is 36.6 Å². The van der Waals surface area contributed by atoms with E-state index in [2.05, 4.69) is 10.2 Å². The molecule has 7 nitrogen and oxygen atoms in total. The molecule has 0 unspecified atom stereocenters. The molecular weight excluding hydrogens is 394 g/mol. The quantitative estimate of drug-likeness (QED) is 0.741. The second kappa shape index (κ2) is 9.83. The zero-order valence-corrected chi connectivity index (χ0v) is 17.9. The van der Waals surface area contributed by atoms with Crippen molar-refractivity contribution in [1.29, 1.82) is 0 Å². The second-order valence-electron chi connectivity index (χ2n) is 7.99. The summed E-state index contributed by atoms with van der Waals surface area (Å²) in [7, 11) is 1.61. The Bertz CT molecular complexity index is 923. The van der Waals surface area contributed by atoms with E-state index in [9.17, 15) is 9.59 Å². The minimum absolute atomic E-state index is 0.0498. The number of rotatable bonds is 7. The van der Waals surface area contributed by atoms with Crippen LogP contribution in [0.3, 0.4) is 0 Å². The topological polar surface area (TPSA) is 71.1 Å². The number of hydrogen-bond donors (Lipinski definition) is 1. The lowest BCUT2D eigenvalue weighted by Crippen LogP contribution is -2.44. The molecule has 31 heavy (non-hydrogen) atoms. The average Bonchev–Trinajstić information content (AvgIpc) is 2.79.